The summed E-state index contributed by atoms with van der Waals surface area (Å²) < 4.78 is 29.0. The fourth-order valence-corrected chi connectivity index (χ4v) is 3.83. The number of halogens is 1. The van der Waals surface area contributed by atoms with Crippen LogP contribution in [0.4, 0.5) is 0 Å². The van der Waals surface area contributed by atoms with E-state index in [0.717, 1.165) is 11.1 Å². The van der Waals surface area contributed by atoms with Crippen molar-refractivity contribution in [2.75, 3.05) is 7.11 Å². The first-order chi connectivity index (χ1) is 13.8. The SMILES string of the molecule is COc1ccc(C(NC(=O)c2cc(S(N)(=O)=O)ccc2Br)c2ccccc2)cc1. The summed E-state index contributed by atoms with van der Waals surface area (Å²) in [7, 11) is -2.35. The number of benzene rings is 3. The minimum absolute atomic E-state index is 0.133. The lowest BCUT2D eigenvalue weighted by molar-refractivity contribution is 0.0942. The second kappa shape index (κ2) is 8.77. The number of rotatable bonds is 6. The third-order valence-corrected chi connectivity index (χ3v) is 5.97. The molecule has 0 saturated heterocycles. The molecule has 3 rings (SSSR count). The first kappa shape index (κ1) is 21.0. The van der Waals surface area contributed by atoms with Crippen LogP contribution >= 0.6 is 15.9 Å². The maximum atomic E-state index is 13.0. The molecule has 1 amide bonds. The van der Waals surface area contributed by atoms with Crippen molar-refractivity contribution in [3.8, 4) is 5.75 Å². The summed E-state index contributed by atoms with van der Waals surface area (Å²) in [6, 6.07) is 20.5. The molecular weight excluding hydrogens is 456 g/mol. The molecule has 150 valence electrons. The van der Waals surface area contributed by atoms with Gasteiger partial charge in [0.2, 0.25) is 10.0 Å². The zero-order chi connectivity index (χ0) is 21.0. The number of sulfonamides is 1. The van der Waals surface area contributed by atoms with Crippen LogP contribution in [0.1, 0.15) is 27.5 Å². The van der Waals surface area contributed by atoms with E-state index >= 15 is 0 Å². The van der Waals surface area contributed by atoms with Gasteiger partial charge >= 0.3 is 0 Å². The molecule has 0 fully saturated rings. The molecule has 1 atom stereocenters. The van der Waals surface area contributed by atoms with Crippen LogP contribution in [0.25, 0.3) is 0 Å². The van der Waals surface area contributed by atoms with Crippen molar-refractivity contribution in [1.82, 2.24) is 5.32 Å². The molecule has 0 radical (unpaired) electrons. The summed E-state index contributed by atoms with van der Waals surface area (Å²) in [5.74, 6) is 0.266. The van der Waals surface area contributed by atoms with Gasteiger partial charge in [-0.3, -0.25) is 4.79 Å². The number of methoxy groups -OCH3 is 1. The lowest BCUT2D eigenvalue weighted by atomic mass is 9.98. The first-order valence-electron chi connectivity index (χ1n) is 8.61. The van der Waals surface area contributed by atoms with Crippen LogP contribution in [0.5, 0.6) is 5.75 Å². The van der Waals surface area contributed by atoms with E-state index in [-0.39, 0.29) is 10.5 Å². The summed E-state index contributed by atoms with van der Waals surface area (Å²) in [6.07, 6.45) is 0. The molecule has 3 aromatic carbocycles. The number of carbonyl (C=O) groups excluding carboxylic acids is 1. The van der Waals surface area contributed by atoms with Crippen molar-refractivity contribution in [3.05, 3.63) is 94.0 Å². The summed E-state index contributed by atoms with van der Waals surface area (Å²) in [4.78, 5) is 12.9. The topological polar surface area (TPSA) is 98.5 Å². The van der Waals surface area contributed by atoms with Crippen molar-refractivity contribution in [1.29, 1.82) is 0 Å². The van der Waals surface area contributed by atoms with Crippen LogP contribution in [-0.4, -0.2) is 21.4 Å². The Labute approximate surface area is 177 Å². The van der Waals surface area contributed by atoms with E-state index in [2.05, 4.69) is 21.2 Å². The average molecular weight is 475 g/mol. The highest BCUT2D eigenvalue weighted by atomic mass is 79.9. The van der Waals surface area contributed by atoms with Gasteiger partial charge in [0.1, 0.15) is 5.75 Å². The number of hydrogen-bond donors (Lipinski definition) is 2. The van der Waals surface area contributed by atoms with Gasteiger partial charge in [-0.05, 0) is 57.4 Å². The average Bonchev–Trinajstić information content (AvgIpc) is 2.72. The number of carbonyl (C=O) groups is 1. The monoisotopic (exact) mass is 474 g/mol. The molecular formula is C21H19BrN2O4S. The molecule has 29 heavy (non-hydrogen) atoms. The van der Waals surface area contributed by atoms with Crippen molar-refractivity contribution < 1.29 is 17.9 Å². The molecule has 0 spiro atoms. The quantitative estimate of drug-likeness (QED) is 0.569. The fraction of sp³-hybridized carbons (Fsp3) is 0.0952. The van der Waals surface area contributed by atoms with Crippen LogP contribution in [-0.2, 0) is 10.0 Å². The predicted octanol–water partition coefficient (Wildman–Crippen LogP) is 3.62. The van der Waals surface area contributed by atoms with Gasteiger partial charge in [0, 0.05) is 4.47 Å². The number of nitrogens with one attached hydrogen (secondary N) is 1. The molecule has 0 heterocycles. The third-order valence-electron chi connectivity index (χ3n) is 4.37. The maximum Gasteiger partial charge on any atom is 0.253 e. The number of ether oxygens (including phenoxy) is 1. The van der Waals surface area contributed by atoms with Gasteiger partial charge in [-0.15, -0.1) is 0 Å². The zero-order valence-corrected chi connectivity index (χ0v) is 17.9. The number of primary sulfonamides is 1. The van der Waals surface area contributed by atoms with Gasteiger partial charge < -0.3 is 10.1 Å². The van der Waals surface area contributed by atoms with Gasteiger partial charge in [0.05, 0.1) is 23.6 Å². The van der Waals surface area contributed by atoms with Gasteiger partial charge in [-0.1, -0.05) is 42.5 Å². The van der Waals surface area contributed by atoms with E-state index in [1.165, 1.54) is 18.2 Å². The Morgan fingerprint density at radius 2 is 1.62 bits per heavy atom. The molecule has 0 aliphatic heterocycles. The molecule has 8 heteroatoms. The smallest absolute Gasteiger partial charge is 0.253 e. The second-order valence-corrected chi connectivity index (χ2v) is 8.69. The van der Waals surface area contributed by atoms with Gasteiger partial charge in [0.15, 0.2) is 0 Å². The molecule has 0 aromatic heterocycles. The number of hydrogen-bond acceptors (Lipinski definition) is 4. The van der Waals surface area contributed by atoms with Crippen molar-refractivity contribution in [3.63, 3.8) is 0 Å². The largest absolute Gasteiger partial charge is 0.497 e. The van der Waals surface area contributed by atoms with Gasteiger partial charge in [0.25, 0.3) is 5.91 Å². The second-order valence-electron chi connectivity index (χ2n) is 6.28. The summed E-state index contributed by atoms with van der Waals surface area (Å²) in [6.45, 7) is 0. The Balaban J connectivity index is 1.99. The molecule has 0 aliphatic carbocycles. The van der Waals surface area contributed by atoms with Crippen LogP contribution in [0.2, 0.25) is 0 Å². The van der Waals surface area contributed by atoms with E-state index in [4.69, 9.17) is 9.88 Å². The highest BCUT2D eigenvalue weighted by molar-refractivity contribution is 9.10. The summed E-state index contributed by atoms with van der Waals surface area (Å²) >= 11 is 3.31. The highest BCUT2D eigenvalue weighted by Gasteiger charge is 2.21. The molecule has 0 saturated carbocycles. The molecule has 0 aliphatic rings. The lowest BCUT2D eigenvalue weighted by Crippen LogP contribution is -2.30. The van der Waals surface area contributed by atoms with E-state index in [1.54, 1.807) is 7.11 Å². The standard InChI is InChI=1S/C21H19BrN2O4S/c1-28-16-9-7-15(8-10-16)20(14-5-3-2-4-6-14)24-21(25)18-13-17(29(23,26)27)11-12-19(18)22/h2-13,20H,1H3,(H,24,25)(H2,23,26,27). The molecule has 1 unspecified atom stereocenters. The Morgan fingerprint density at radius 1 is 1.00 bits per heavy atom. The van der Waals surface area contributed by atoms with E-state index < -0.39 is 22.0 Å². The van der Waals surface area contributed by atoms with Gasteiger partial charge in [-0.2, -0.15) is 0 Å². The highest BCUT2D eigenvalue weighted by Crippen LogP contribution is 2.26. The maximum absolute atomic E-state index is 13.0. The Morgan fingerprint density at radius 3 is 2.21 bits per heavy atom. The Bertz CT molecular complexity index is 1120. The summed E-state index contributed by atoms with van der Waals surface area (Å²) in [5, 5.41) is 8.18. The number of amides is 1. The molecule has 3 N–H and O–H groups in total. The van der Waals surface area contributed by atoms with Crippen LogP contribution in [0.15, 0.2) is 82.2 Å². The van der Waals surface area contributed by atoms with Crippen molar-refractivity contribution in [2.45, 2.75) is 10.9 Å². The van der Waals surface area contributed by atoms with E-state index in [0.29, 0.717) is 10.2 Å². The van der Waals surface area contributed by atoms with Crippen molar-refractivity contribution >= 4 is 31.9 Å². The zero-order valence-electron chi connectivity index (χ0n) is 15.5. The Kier molecular flexibility index (Phi) is 6.36. The molecule has 6 nitrogen and oxygen atoms in total. The van der Waals surface area contributed by atoms with Crippen LogP contribution in [0, 0.1) is 0 Å². The normalized spacial score (nSPS) is 12.2. The molecule has 3 aromatic rings. The molecule has 0 bridgehead atoms. The van der Waals surface area contributed by atoms with Crippen LogP contribution in [0.3, 0.4) is 0 Å². The third kappa shape index (κ3) is 5.03. The van der Waals surface area contributed by atoms with Gasteiger partial charge in [-0.25, -0.2) is 13.6 Å². The predicted molar refractivity (Wildman–Crippen MR) is 114 cm³/mol. The first-order valence-corrected chi connectivity index (χ1v) is 11.0. The van der Waals surface area contributed by atoms with Crippen LogP contribution < -0.4 is 15.2 Å². The minimum atomic E-state index is -3.93. The van der Waals surface area contributed by atoms with E-state index in [9.17, 15) is 13.2 Å². The van der Waals surface area contributed by atoms with Crippen molar-refractivity contribution in [2.24, 2.45) is 5.14 Å². The number of nitrogens with two attached hydrogens (primary N) is 1. The Hall–Kier alpha value is -2.68. The fourth-order valence-electron chi connectivity index (χ4n) is 2.87. The van der Waals surface area contributed by atoms with E-state index in [1.807, 2.05) is 54.6 Å². The lowest BCUT2D eigenvalue weighted by Gasteiger charge is -2.21. The summed E-state index contributed by atoms with van der Waals surface area (Å²) in [5.41, 5.74) is 1.90. The minimum Gasteiger partial charge on any atom is -0.497 e.